The molecule has 2 aromatic heterocycles. The molecule has 5 atom stereocenters. The molecule has 1 saturated carbocycles. The van der Waals surface area contributed by atoms with Crippen molar-refractivity contribution < 1.29 is 4.74 Å². The van der Waals surface area contributed by atoms with Gasteiger partial charge in [0.25, 0.3) is 0 Å². The van der Waals surface area contributed by atoms with Crippen molar-refractivity contribution in [2.24, 2.45) is 11.8 Å². The number of hydrogen-bond acceptors (Lipinski definition) is 3. The molecular weight excluding hydrogens is 550 g/mol. The minimum Gasteiger partial charge on any atom is -0.470 e. The van der Waals surface area contributed by atoms with E-state index in [-0.39, 0.29) is 6.23 Å². The second-order valence-corrected chi connectivity index (χ2v) is 12.1. The van der Waals surface area contributed by atoms with Crippen LogP contribution >= 0.6 is 43.6 Å². The Hall–Kier alpha value is -1.70. The SMILES string of the molecule is CC1Oc2cc(-c3cnc(C4CSCC5C(Br)C45)[nH]3)ccc2-c2cc3cc(Br)ccc3n21. The van der Waals surface area contributed by atoms with E-state index in [1.165, 1.54) is 22.3 Å². The van der Waals surface area contributed by atoms with Crippen LogP contribution in [0.5, 0.6) is 5.75 Å². The minimum atomic E-state index is -0.0642. The van der Waals surface area contributed by atoms with Gasteiger partial charge < -0.3 is 14.3 Å². The third-order valence-electron chi connectivity index (χ3n) is 7.18. The Morgan fingerprint density at radius 3 is 2.97 bits per heavy atom. The Bertz CT molecular complexity index is 1380. The summed E-state index contributed by atoms with van der Waals surface area (Å²) in [6.45, 7) is 2.11. The van der Waals surface area contributed by atoms with E-state index in [2.05, 4.69) is 103 Å². The first-order valence-corrected chi connectivity index (χ1v) is 13.8. The van der Waals surface area contributed by atoms with Crippen LogP contribution in [0.15, 0.2) is 53.1 Å². The minimum absolute atomic E-state index is 0.0642. The summed E-state index contributed by atoms with van der Waals surface area (Å²) in [5.41, 5.74) is 5.70. The summed E-state index contributed by atoms with van der Waals surface area (Å²) in [6.07, 6.45) is 1.92. The lowest BCUT2D eigenvalue weighted by atomic mass is 10.0. The van der Waals surface area contributed by atoms with Gasteiger partial charge in [-0.1, -0.05) is 37.9 Å². The molecule has 0 radical (unpaired) electrons. The highest BCUT2D eigenvalue weighted by atomic mass is 79.9. The molecule has 3 aliphatic rings. The quantitative estimate of drug-likeness (QED) is 0.259. The van der Waals surface area contributed by atoms with Gasteiger partial charge in [0.15, 0.2) is 6.23 Å². The van der Waals surface area contributed by atoms with Crippen molar-refractivity contribution in [3.05, 3.63) is 59.0 Å². The van der Waals surface area contributed by atoms with Crippen LogP contribution in [0.4, 0.5) is 0 Å². The molecule has 0 bridgehead atoms. The van der Waals surface area contributed by atoms with Gasteiger partial charge in [0.2, 0.25) is 0 Å². The monoisotopic (exact) mass is 569 g/mol. The molecule has 162 valence electrons. The third-order valence-corrected chi connectivity index (χ3v) is 10.2. The lowest BCUT2D eigenvalue weighted by molar-refractivity contribution is 0.152. The maximum atomic E-state index is 6.39. The Morgan fingerprint density at radius 1 is 1.16 bits per heavy atom. The van der Waals surface area contributed by atoms with Crippen LogP contribution < -0.4 is 4.74 Å². The van der Waals surface area contributed by atoms with Gasteiger partial charge in [-0.2, -0.15) is 11.8 Å². The van der Waals surface area contributed by atoms with Crippen molar-refractivity contribution in [1.82, 2.24) is 14.5 Å². The van der Waals surface area contributed by atoms with Crippen LogP contribution in [0.25, 0.3) is 33.4 Å². The van der Waals surface area contributed by atoms with E-state index < -0.39 is 0 Å². The van der Waals surface area contributed by atoms with Gasteiger partial charge in [0, 0.05) is 37.5 Å². The van der Waals surface area contributed by atoms with E-state index in [4.69, 9.17) is 9.72 Å². The maximum absolute atomic E-state index is 6.39. The highest BCUT2D eigenvalue weighted by Crippen LogP contribution is 2.58. The summed E-state index contributed by atoms with van der Waals surface area (Å²) in [5.74, 6) is 6.53. The zero-order valence-electron chi connectivity index (χ0n) is 17.4. The largest absolute Gasteiger partial charge is 0.470 e. The molecule has 0 spiro atoms. The summed E-state index contributed by atoms with van der Waals surface area (Å²) in [6, 6.07) is 15.2. The molecule has 5 unspecified atom stereocenters. The van der Waals surface area contributed by atoms with Gasteiger partial charge in [-0.05, 0) is 60.9 Å². The van der Waals surface area contributed by atoms with E-state index in [0.717, 1.165) is 50.5 Å². The summed E-state index contributed by atoms with van der Waals surface area (Å²) < 4.78 is 9.75. The number of hydrogen-bond donors (Lipinski definition) is 1. The molecule has 1 saturated heterocycles. The van der Waals surface area contributed by atoms with Crippen molar-refractivity contribution in [3.8, 4) is 28.3 Å². The van der Waals surface area contributed by atoms with Gasteiger partial charge >= 0.3 is 0 Å². The number of ether oxygens (including phenoxy) is 1. The summed E-state index contributed by atoms with van der Waals surface area (Å²) >= 11 is 9.52. The molecule has 2 aliphatic heterocycles. The van der Waals surface area contributed by atoms with Crippen LogP contribution in [0.1, 0.15) is 24.9 Å². The molecule has 32 heavy (non-hydrogen) atoms. The number of aromatic nitrogens is 3. The van der Waals surface area contributed by atoms with E-state index in [1.807, 2.05) is 6.20 Å². The fourth-order valence-electron chi connectivity index (χ4n) is 5.50. The van der Waals surface area contributed by atoms with E-state index >= 15 is 0 Å². The number of fused-ring (bicyclic) bond motifs is 6. The first-order valence-electron chi connectivity index (χ1n) is 11.0. The van der Waals surface area contributed by atoms with Gasteiger partial charge in [0.1, 0.15) is 11.6 Å². The van der Waals surface area contributed by atoms with Crippen molar-refractivity contribution >= 4 is 54.5 Å². The molecule has 7 rings (SSSR count). The van der Waals surface area contributed by atoms with Gasteiger partial charge in [-0.3, -0.25) is 0 Å². The number of benzene rings is 2. The number of alkyl halides is 1. The number of nitrogens with zero attached hydrogens (tertiary/aromatic N) is 2. The van der Waals surface area contributed by atoms with Crippen LogP contribution in [0.3, 0.4) is 0 Å². The van der Waals surface area contributed by atoms with Crippen molar-refractivity contribution in [2.45, 2.75) is 23.9 Å². The first-order chi connectivity index (χ1) is 15.6. The number of nitrogens with one attached hydrogen (secondary N) is 1. The third kappa shape index (κ3) is 2.90. The smallest absolute Gasteiger partial charge is 0.173 e. The molecule has 0 amide bonds. The molecule has 4 heterocycles. The van der Waals surface area contributed by atoms with E-state index in [0.29, 0.717) is 10.7 Å². The number of aromatic amines is 1. The maximum Gasteiger partial charge on any atom is 0.173 e. The highest BCUT2D eigenvalue weighted by molar-refractivity contribution is 9.10. The van der Waals surface area contributed by atoms with Crippen LogP contribution in [-0.4, -0.2) is 30.9 Å². The normalized spacial score (nSPS) is 28.0. The Morgan fingerprint density at radius 2 is 2.06 bits per heavy atom. The highest BCUT2D eigenvalue weighted by Gasteiger charge is 2.55. The molecular formula is C25H21Br2N3OS. The number of H-pyrrole nitrogens is 1. The average Bonchev–Trinajstić information content (AvgIpc) is 3.16. The summed E-state index contributed by atoms with van der Waals surface area (Å²) in [5, 5.41) is 1.22. The molecule has 1 aliphatic carbocycles. The fraction of sp³-hybridized carbons (Fsp3) is 0.320. The van der Waals surface area contributed by atoms with Crippen molar-refractivity contribution in [2.75, 3.05) is 11.5 Å². The standard InChI is InChI=1S/C25H21Br2N3OS/c1-12-30-20-5-3-15(26)6-14(20)7-21(30)16-4-2-13(8-22(16)31-12)19-9-28-25(29-19)18-11-32-10-17-23(18)24(17)27/h2-9,12,17-18,23-24H,10-11H2,1H3,(H,28,29). The van der Waals surface area contributed by atoms with E-state index in [9.17, 15) is 0 Å². The predicted molar refractivity (Wildman–Crippen MR) is 138 cm³/mol. The zero-order valence-corrected chi connectivity index (χ0v) is 21.4. The lowest BCUT2D eigenvalue weighted by Crippen LogP contribution is -2.17. The van der Waals surface area contributed by atoms with Gasteiger partial charge in [-0.15, -0.1) is 0 Å². The molecule has 7 heteroatoms. The number of imidazole rings is 1. The number of thioether (sulfide) groups is 1. The Balaban J connectivity index is 1.26. The van der Waals surface area contributed by atoms with Crippen LogP contribution in [-0.2, 0) is 0 Å². The first kappa shape index (κ1) is 19.7. The Labute approximate surface area is 207 Å². The molecule has 2 aromatic carbocycles. The number of rotatable bonds is 2. The second kappa shape index (κ2) is 7.15. The van der Waals surface area contributed by atoms with Gasteiger partial charge in [0.05, 0.1) is 23.1 Å². The van der Waals surface area contributed by atoms with Crippen molar-refractivity contribution in [3.63, 3.8) is 0 Å². The predicted octanol–water partition coefficient (Wildman–Crippen LogP) is 7.21. The summed E-state index contributed by atoms with van der Waals surface area (Å²) in [4.78, 5) is 9.07. The lowest BCUT2D eigenvalue weighted by Gasteiger charge is -2.27. The average molecular weight is 571 g/mol. The van der Waals surface area contributed by atoms with Gasteiger partial charge in [-0.25, -0.2) is 4.98 Å². The van der Waals surface area contributed by atoms with Crippen molar-refractivity contribution in [1.29, 1.82) is 0 Å². The molecule has 4 nitrogen and oxygen atoms in total. The molecule has 1 N–H and O–H groups in total. The van der Waals surface area contributed by atoms with Crippen LogP contribution in [0.2, 0.25) is 0 Å². The van der Waals surface area contributed by atoms with E-state index in [1.54, 1.807) is 0 Å². The molecule has 2 fully saturated rings. The number of halogens is 2. The zero-order chi connectivity index (χ0) is 21.6. The van der Waals surface area contributed by atoms with Crippen LogP contribution in [0, 0.1) is 11.8 Å². The summed E-state index contributed by atoms with van der Waals surface area (Å²) in [7, 11) is 0. The topological polar surface area (TPSA) is 42.8 Å². The fourth-order valence-corrected chi connectivity index (χ4v) is 8.72. The Kier molecular flexibility index (Phi) is 4.41. The molecule has 4 aromatic rings. The second-order valence-electron chi connectivity index (χ2n) is 9.04.